The van der Waals surface area contributed by atoms with Crippen molar-refractivity contribution in [1.82, 2.24) is 10.3 Å². The van der Waals surface area contributed by atoms with Crippen molar-refractivity contribution in [1.29, 1.82) is 0 Å². The van der Waals surface area contributed by atoms with Gasteiger partial charge in [0.1, 0.15) is 0 Å². The molecular formula is C12H20N2OS. The molecule has 1 rings (SSSR count). The van der Waals surface area contributed by atoms with E-state index in [-0.39, 0.29) is 5.91 Å². The minimum absolute atomic E-state index is 0.139. The van der Waals surface area contributed by atoms with Crippen LogP contribution in [0.5, 0.6) is 0 Å². The molecule has 0 fully saturated rings. The molecule has 1 heterocycles. The zero-order valence-corrected chi connectivity index (χ0v) is 11.3. The van der Waals surface area contributed by atoms with E-state index in [9.17, 15) is 4.79 Å². The lowest BCUT2D eigenvalue weighted by molar-refractivity contribution is -0.121. The van der Waals surface area contributed by atoms with Crippen LogP contribution in [-0.4, -0.2) is 17.4 Å². The number of nitrogens with one attached hydrogen (secondary N) is 1. The monoisotopic (exact) mass is 240 g/mol. The van der Waals surface area contributed by atoms with Gasteiger partial charge in [0.05, 0.1) is 10.7 Å². The molecule has 0 radical (unpaired) electrons. The Bertz CT molecular complexity index is 338. The Labute approximate surface area is 101 Å². The minimum Gasteiger partial charge on any atom is -0.356 e. The summed E-state index contributed by atoms with van der Waals surface area (Å²) in [7, 11) is 0. The van der Waals surface area contributed by atoms with Gasteiger partial charge in [0, 0.05) is 24.3 Å². The number of aryl methyl sites for hydroxylation is 2. The summed E-state index contributed by atoms with van der Waals surface area (Å²) in [6.45, 7) is 8.89. The lowest BCUT2D eigenvalue weighted by Crippen LogP contribution is -2.26. The first-order valence-corrected chi connectivity index (χ1v) is 6.50. The number of hydrogen-bond donors (Lipinski definition) is 1. The molecule has 1 aromatic rings. The maximum Gasteiger partial charge on any atom is 0.220 e. The summed E-state index contributed by atoms with van der Waals surface area (Å²) < 4.78 is 0. The third kappa shape index (κ3) is 4.31. The maximum absolute atomic E-state index is 11.4. The zero-order chi connectivity index (χ0) is 12.1. The molecule has 0 bridgehead atoms. The molecule has 0 aliphatic carbocycles. The average molecular weight is 240 g/mol. The van der Waals surface area contributed by atoms with E-state index in [1.807, 2.05) is 20.8 Å². The smallest absolute Gasteiger partial charge is 0.220 e. The predicted octanol–water partition coefficient (Wildman–Crippen LogP) is 2.46. The van der Waals surface area contributed by atoms with Crippen LogP contribution in [0, 0.1) is 19.8 Å². The van der Waals surface area contributed by atoms with E-state index in [0.29, 0.717) is 18.9 Å². The van der Waals surface area contributed by atoms with Gasteiger partial charge in [-0.25, -0.2) is 4.98 Å². The SMILES string of the molecule is Cc1nc(CCNC(=O)CC(C)C)sc1C. The van der Waals surface area contributed by atoms with Crippen LogP contribution < -0.4 is 5.32 Å². The van der Waals surface area contributed by atoms with Gasteiger partial charge in [-0.05, 0) is 19.8 Å². The van der Waals surface area contributed by atoms with Crippen molar-refractivity contribution in [2.75, 3.05) is 6.54 Å². The molecule has 0 aliphatic rings. The highest BCUT2D eigenvalue weighted by molar-refractivity contribution is 7.11. The Morgan fingerprint density at radius 2 is 2.12 bits per heavy atom. The number of carbonyl (C=O) groups excluding carboxylic acids is 1. The van der Waals surface area contributed by atoms with Gasteiger partial charge in [-0.2, -0.15) is 0 Å². The van der Waals surface area contributed by atoms with E-state index in [4.69, 9.17) is 0 Å². The van der Waals surface area contributed by atoms with Crippen LogP contribution in [0.3, 0.4) is 0 Å². The molecule has 0 saturated heterocycles. The van der Waals surface area contributed by atoms with Crippen LogP contribution in [0.15, 0.2) is 0 Å². The Hall–Kier alpha value is -0.900. The van der Waals surface area contributed by atoms with Gasteiger partial charge >= 0.3 is 0 Å². The fourth-order valence-electron chi connectivity index (χ4n) is 1.40. The highest BCUT2D eigenvalue weighted by atomic mass is 32.1. The predicted molar refractivity (Wildman–Crippen MR) is 67.8 cm³/mol. The van der Waals surface area contributed by atoms with E-state index in [1.165, 1.54) is 4.88 Å². The van der Waals surface area contributed by atoms with Crippen molar-refractivity contribution in [3.8, 4) is 0 Å². The van der Waals surface area contributed by atoms with Gasteiger partial charge < -0.3 is 5.32 Å². The van der Waals surface area contributed by atoms with Crippen LogP contribution in [0.4, 0.5) is 0 Å². The molecule has 3 nitrogen and oxygen atoms in total. The molecule has 16 heavy (non-hydrogen) atoms. The third-order valence-corrected chi connectivity index (χ3v) is 3.46. The van der Waals surface area contributed by atoms with Crippen molar-refractivity contribution in [2.45, 2.75) is 40.5 Å². The molecule has 4 heteroatoms. The molecule has 0 aromatic carbocycles. The maximum atomic E-state index is 11.4. The Morgan fingerprint density at radius 3 is 2.62 bits per heavy atom. The molecule has 90 valence electrons. The number of thiazole rings is 1. The topological polar surface area (TPSA) is 42.0 Å². The molecule has 0 spiro atoms. The van der Waals surface area contributed by atoms with E-state index in [2.05, 4.69) is 17.2 Å². The second-order valence-electron chi connectivity index (χ2n) is 4.45. The van der Waals surface area contributed by atoms with Crippen molar-refractivity contribution in [3.63, 3.8) is 0 Å². The van der Waals surface area contributed by atoms with Gasteiger partial charge in [-0.3, -0.25) is 4.79 Å². The highest BCUT2D eigenvalue weighted by Gasteiger charge is 2.06. The summed E-state index contributed by atoms with van der Waals surface area (Å²) in [5, 5.41) is 4.03. The van der Waals surface area contributed by atoms with Crippen molar-refractivity contribution >= 4 is 17.2 Å². The fourth-order valence-corrected chi connectivity index (χ4v) is 2.33. The summed E-state index contributed by atoms with van der Waals surface area (Å²) in [6, 6.07) is 0. The Kier molecular flexibility index (Phi) is 4.93. The van der Waals surface area contributed by atoms with Crippen molar-refractivity contribution in [3.05, 3.63) is 15.6 Å². The van der Waals surface area contributed by atoms with Crippen LogP contribution in [0.1, 0.15) is 35.8 Å². The molecule has 1 aromatic heterocycles. The lowest BCUT2D eigenvalue weighted by Gasteiger charge is -2.05. The van der Waals surface area contributed by atoms with E-state index in [1.54, 1.807) is 11.3 Å². The summed E-state index contributed by atoms with van der Waals surface area (Å²) in [6.07, 6.45) is 1.44. The molecule has 0 aliphatic heterocycles. The number of rotatable bonds is 5. The fraction of sp³-hybridized carbons (Fsp3) is 0.667. The molecule has 0 unspecified atom stereocenters. The first-order valence-electron chi connectivity index (χ1n) is 5.68. The van der Waals surface area contributed by atoms with Gasteiger partial charge in [0.25, 0.3) is 0 Å². The number of aromatic nitrogens is 1. The average Bonchev–Trinajstić information content (AvgIpc) is 2.44. The lowest BCUT2D eigenvalue weighted by atomic mass is 10.1. The number of carbonyl (C=O) groups is 1. The minimum atomic E-state index is 0.139. The Balaban J connectivity index is 2.28. The van der Waals surface area contributed by atoms with Crippen molar-refractivity contribution in [2.24, 2.45) is 5.92 Å². The first-order chi connectivity index (χ1) is 7.49. The normalized spacial score (nSPS) is 10.8. The van der Waals surface area contributed by atoms with Crippen LogP contribution in [0.2, 0.25) is 0 Å². The summed E-state index contributed by atoms with van der Waals surface area (Å²) in [5.41, 5.74) is 1.11. The molecular weight excluding hydrogens is 220 g/mol. The Morgan fingerprint density at radius 1 is 1.44 bits per heavy atom. The quantitative estimate of drug-likeness (QED) is 0.859. The zero-order valence-electron chi connectivity index (χ0n) is 10.5. The van der Waals surface area contributed by atoms with Gasteiger partial charge in [0.2, 0.25) is 5.91 Å². The van der Waals surface area contributed by atoms with Gasteiger partial charge in [0.15, 0.2) is 0 Å². The van der Waals surface area contributed by atoms with E-state index in [0.717, 1.165) is 17.1 Å². The highest BCUT2D eigenvalue weighted by Crippen LogP contribution is 2.16. The number of amides is 1. The largest absolute Gasteiger partial charge is 0.356 e. The van der Waals surface area contributed by atoms with Crippen LogP contribution in [-0.2, 0) is 11.2 Å². The second-order valence-corrected chi connectivity index (χ2v) is 5.73. The van der Waals surface area contributed by atoms with Crippen LogP contribution >= 0.6 is 11.3 Å². The number of hydrogen-bond acceptors (Lipinski definition) is 3. The standard InChI is InChI=1S/C12H20N2OS/c1-8(2)7-11(15)13-6-5-12-14-9(3)10(4)16-12/h8H,5-7H2,1-4H3,(H,13,15). The van der Waals surface area contributed by atoms with E-state index < -0.39 is 0 Å². The summed E-state index contributed by atoms with van der Waals surface area (Å²) in [4.78, 5) is 17.1. The van der Waals surface area contributed by atoms with Gasteiger partial charge in [-0.1, -0.05) is 13.8 Å². The molecule has 0 atom stereocenters. The second kappa shape index (κ2) is 5.99. The van der Waals surface area contributed by atoms with Crippen molar-refractivity contribution < 1.29 is 4.79 Å². The van der Waals surface area contributed by atoms with Crippen LogP contribution in [0.25, 0.3) is 0 Å². The van der Waals surface area contributed by atoms with E-state index >= 15 is 0 Å². The molecule has 0 saturated carbocycles. The molecule has 1 N–H and O–H groups in total. The first kappa shape index (κ1) is 13.2. The summed E-state index contributed by atoms with van der Waals surface area (Å²) >= 11 is 1.72. The summed E-state index contributed by atoms with van der Waals surface area (Å²) in [5.74, 6) is 0.560. The third-order valence-electron chi connectivity index (χ3n) is 2.33. The van der Waals surface area contributed by atoms with Gasteiger partial charge in [-0.15, -0.1) is 11.3 Å². The molecule has 1 amide bonds. The number of nitrogens with zero attached hydrogens (tertiary/aromatic N) is 1.